The number of benzene rings is 1. The molecule has 0 amide bonds. The molecule has 0 aliphatic rings. The van der Waals surface area contributed by atoms with E-state index in [1.54, 1.807) is 14.2 Å². The van der Waals surface area contributed by atoms with Crippen molar-refractivity contribution in [3.63, 3.8) is 0 Å². The van der Waals surface area contributed by atoms with Gasteiger partial charge in [0, 0.05) is 0 Å². The zero-order valence-corrected chi connectivity index (χ0v) is 10.4. The first-order valence-corrected chi connectivity index (χ1v) is 5.50. The molecule has 16 heavy (non-hydrogen) atoms. The molecule has 1 rings (SSSR count). The topological polar surface area (TPSA) is 27.7 Å². The van der Waals surface area contributed by atoms with Gasteiger partial charge in [0.2, 0.25) is 0 Å². The predicted octanol–water partition coefficient (Wildman–Crippen LogP) is 2.67. The maximum absolute atomic E-state index is 5.50. The molecule has 0 bridgehead atoms. The van der Waals surface area contributed by atoms with E-state index in [9.17, 15) is 0 Å². The van der Waals surface area contributed by atoms with Crippen molar-refractivity contribution in [1.82, 2.24) is 0 Å². The van der Waals surface area contributed by atoms with E-state index < -0.39 is 0 Å². The third-order valence-electron chi connectivity index (χ3n) is 2.29. The molecule has 0 aliphatic heterocycles. The number of ether oxygens (including phenoxy) is 3. The van der Waals surface area contributed by atoms with E-state index in [1.807, 2.05) is 32.0 Å². The molecular formula is C13H20O3. The van der Waals surface area contributed by atoms with E-state index in [0.717, 1.165) is 24.5 Å². The van der Waals surface area contributed by atoms with Crippen molar-refractivity contribution >= 4 is 0 Å². The molecule has 0 heterocycles. The monoisotopic (exact) mass is 224 g/mol. The van der Waals surface area contributed by atoms with Gasteiger partial charge in [-0.05, 0) is 38.0 Å². The SMILES string of the molecule is COc1ccc(CCOC(C)C)cc1OC. The second kappa shape index (κ2) is 6.38. The smallest absolute Gasteiger partial charge is 0.160 e. The standard InChI is InChI=1S/C13H20O3/c1-10(2)16-8-7-11-5-6-12(14-3)13(9-11)15-4/h5-6,9-10H,7-8H2,1-4H3. The number of hydrogen-bond donors (Lipinski definition) is 0. The maximum atomic E-state index is 5.50. The van der Waals surface area contributed by atoms with E-state index in [0.29, 0.717) is 0 Å². The van der Waals surface area contributed by atoms with Gasteiger partial charge in [-0.15, -0.1) is 0 Å². The van der Waals surface area contributed by atoms with Crippen molar-refractivity contribution in [2.45, 2.75) is 26.4 Å². The van der Waals surface area contributed by atoms with Crippen LogP contribution in [-0.2, 0) is 11.2 Å². The van der Waals surface area contributed by atoms with Crippen molar-refractivity contribution in [3.8, 4) is 11.5 Å². The molecule has 0 atom stereocenters. The van der Waals surface area contributed by atoms with E-state index in [1.165, 1.54) is 5.56 Å². The molecule has 0 unspecified atom stereocenters. The summed E-state index contributed by atoms with van der Waals surface area (Å²) in [7, 11) is 3.28. The molecule has 0 spiro atoms. The summed E-state index contributed by atoms with van der Waals surface area (Å²) in [5.74, 6) is 1.53. The fourth-order valence-electron chi connectivity index (χ4n) is 1.45. The Morgan fingerprint density at radius 2 is 1.75 bits per heavy atom. The molecule has 1 aromatic rings. The Kier molecular flexibility index (Phi) is 5.12. The van der Waals surface area contributed by atoms with Gasteiger partial charge in [-0.3, -0.25) is 0 Å². The van der Waals surface area contributed by atoms with Crippen LogP contribution in [-0.4, -0.2) is 26.9 Å². The lowest BCUT2D eigenvalue weighted by Gasteiger charge is -2.10. The molecule has 0 saturated carbocycles. The highest BCUT2D eigenvalue weighted by Crippen LogP contribution is 2.27. The van der Waals surface area contributed by atoms with Crippen molar-refractivity contribution < 1.29 is 14.2 Å². The fraction of sp³-hybridized carbons (Fsp3) is 0.538. The molecule has 0 saturated heterocycles. The van der Waals surface area contributed by atoms with Gasteiger partial charge in [0.1, 0.15) is 0 Å². The van der Waals surface area contributed by atoms with Gasteiger partial charge in [-0.1, -0.05) is 6.07 Å². The molecule has 0 aromatic heterocycles. The molecule has 0 aliphatic carbocycles. The third-order valence-corrected chi connectivity index (χ3v) is 2.29. The lowest BCUT2D eigenvalue weighted by molar-refractivity contribution is 0.0813. The zero-order chi connectivity index (χ0) is 12.0. The highest BCUT2D eigenvalue weighted by molar-refractivity contribution is 5.42. The summed E-state index contributed by atoms with van der Waals surface area (Å²) >= 11 is 0. The summed E-state index contributed by atoms with van der Waals surface area (Å²) in [6.45, 7) is 4.80. The van der Waals surface area contributed by atoms with Crippen molar-refractivity contribution in [2.24, 2.45) is 0 Å². The summed E-state index contributed by atoms with van der Waals surface area (Å²) in [6, 6.07) is 5.94. The largest absolute Gasteiger partial charge is 0.493 e. The van der Waals surface area contributed by atoms with Crippen molar-refractivity contribution in [2.75, 3.05) is 20.8 Å². The lowest BCUT2D eigenvalue weighted by atomic mass is 10.1. The van der Waals surface area contributed by atoms with Gasteiger partial charge in [0.05, 0.1) is 26.9 Å². The van der Waals surface area contributed by atoms with E-state index in [-0.39, 0.29) is 6.10 Å². The van der Waals surface area contributed by atoms with E-state index >= 15 is 0 Å². The van der Waals surface area contributed by atoms with Gasteiger partial charge < -0.3 is 14.2 Å². The molecular weight excluding hydrogens is 204 g/mol. The first-order valence-electron chi connectivity index (χ1n) is 5.50. The second-order valence-electron chi connectivity index (χ2n) is 3.86. The molecule has 3 heteroatoms. The van der Waals surface area contributed by atoms with Gasteiger partial charge >= 0.3 is 0 Å². The first kappa shape index (κ1) is 12.8. The Balaban J connectivity index is 2.60. The van der Waals surface area contributed by atoms with Crippen LogP contribution in [0.15, 0.2) is 18.2 Å². The van der Waals surface area contributed by atoms with Crippen LogP contribution in [0.5, 0.6) is 11.5 Å². The molecule has 3 nitrogen and oxygen atoms in total. The predicted molar refractivity (Wildman–Crippen MR) is 64.3 cm³/mol. The first-order chi connectivity index (χ1) is 7.67. The average molecular weight is 224 g/mol. The summed E-state index contributed by atoms with van der Waals surface area (Å²) in [6.07, 6.45) is 1.17. The van der Waals surface area contributed by atoms with Crippen LogP contribution in [0.2, 0.25) is 0 Å². The summed E-state index contributed by atoms with van der Waals surface area (Å²) in [5.41, 5.74) is 1.19. The highest BCUT2D eigenvalue weighted by Gasteiger charge is 2.04. The lowest BCUT2D eigenvalue weighted by Crippen LogP contribution is -2.06. The van der Waals surface area contributed by atoms with Crippen LogP contribution in [0.1, 0.15) is 19.4 Å². The average Bonchev–Trinajstić information content (AvgIpc) is 2.28. The molecule has 0 fully saturated rings. The van der Waals surface area contributed by atoms with Gasteiger partial charge in [0.25, 0.3) is 0 Å². The van der Waals surface area contributed by atoms with Crippen molar-refractivity contribution in [3.05, 3.63) is 23.8 Å². The zero-order valence-electron chi connectivity index (χ0n) is 10.4. The van der Waals surface area contributed by atoms with Crippen LogP contribution >= 0.6 is 0 Å². The minimum atomic E-state index is 0.278. The minimum Gasteiger partial charge on any atom is -0.493 e. The molecule has 90 valence electrons. The molecule has 1 aromatic carbocycles. The Hall–Kier alpha value is -1.22. The van der Waals surface area contributed by atoms with Crippen LogP contribution in [0, 0.1) is 0 Å². The summed E-state index contributed by atoms with van der Waals surface area (Å²) in [4.78, 5) is 0. The number of methoxy groups -OCH3 is 2. The fourth-order valence-corrected chi connectivity index (χ4v) is 1.45. The van der Waals surface area contributed by atoms with Crippen LogP contribution < -0.4 is 9.47 Å². The van der Waals surface area contributed by atoms with Crippen LogP contribution in [0.25, 0.3) is 0 Å². The third kappa shape index (κ3) is 3.74. The van der Waals surface area contributed by atoms with Gasteiger partial charge in [-0.2, -0.15) is 0 Å². The normalized spacial score (nSPS) is 10.6. The van der Waals surface area contributed by atoms with Crippen molar-refractivity contribution in [1.29, 1.82) is 0 Å². The van der Waals surface area contributed by atoms with E-state index in [2.05, 4.69) is 0 Å². The number of rotatable bonds is 6. The Bertz CT molecular complexity index is 321. The number of hydrogen-bond acceptors (Lipinski definition) is 3. The molecule has 0 radical (unpaired) electrons. The Morgan fingerprint density at radius 3 is 2.31 bits per heavy atom. The molecule has 0 N–H and O–H groups in total. The van der Waals surface area contributed by atoms with Gasteiger partial charge in [-0.25, -0.2) is 0 Å². The quantitative estimate of drug-likeness (QED) is 0.743. The Labute approximate surface area is 97.3 Å². The Morgan fingerprint density at radius 1 is 1.06 bits per heavy atom. The van der Waals surface area contributed by atoms with Crippen LogP contribution in [0.3, 0.4) is 0 Å². The minimum absolute atomic E-state index is 0.278. The summed E-state index contributed by atoms with van der Waals surface area (Å²) in [5, 5.41) is 0. The highest BCUT2D eigenvalue weighted by atomic mass is 16.5. The van der Waals surface area contributed by atoms with Crippen LogP contribution in [0.4, 0.5) is 0 Å². The van der Waals surface area contributed by atoms with E-state index in [4.69, 9.17) is 14.2 Å². The van der Waals surface area contributed by atoms with Gasteiger partial charge in [0.15, 0.2) is 11.5 Å². The second-order valence-corrected chi connectivity index (χ2v) is 3.86. The summed E-state index contributed by atoms with van der Waals surface area (Å²) < 4.78 is 15.9. The maximum Gasteiger partial charge on any atom is 0.160 e.